The van der Waals surface area contributed by atoms with Crippen molar-refractivity contribution in [1.29, 1.82) is 0 Å². The topological polar surface area (TPSA) is 58.5 Å². The van der Waals surface area contributed by atoms with Gasteiger partial charge in [0.15, 0.2) is 0 Å². The van der Waals surface area contributed by atoms with Crippen LogP contribution in [0.2, 0.25) is 0 Å². The van der Waals surface area contributed by atoms with Crippen LogP contribution in [-0.2, 0) is 10.9 Å². The lowest BCUT2D eigenvalue weighted by Crippen LogP contribution is -2.54. The zero-order valence-corrected chi connectivity index (χ0v) is 14.5. The van der Waals surface area contributed by atoms with Crippen LogP contribution in [0.5, 0.6) is 0 Å². The molecule has 5 nitrogen and oxygen atoms in total. The molecule has 0 bridgehead atoms. The van der Waals surface area contributed by atoms with Crippen molar-refractivity contribution in [1.82, 2.24) is 9.97 Å². The van der Waals surface area contributed by atoms with Gasteiger partial charge in [-0.2, -0.15) is 13.2 Å². The third kappa shape index (κ3) is 4.06. The minimum atomic E-state index is -4.55. The standard InChI is InChI=1S/C17H24F3N3O2/c1-11(2)13-9-12(24)10-16(25-13)4-7-23(8-5-16)14-3-6-21-15(22-14)17(18,19)20/h3,6,11-13,24H,4-5,7-10H2,1-2H3/t12-,13-/m1/s1. The fraction of sp³-hybridized carbons (Fsp3) is 0.765. The summed E-state index contributed by atoms with van der Waals surface area (Å²) in [5, 5.41) is 10.2. The number of nitrogens with zero attached hydrogens (tertiary/aromatic N) is 3. The van der Waals surface area contributed by atoms with Gasteiger partial charge in [-0.15, -0.1) is 0 Å². The van der Waals surface area contributed by atoms with E-state index in [2.05, 4.69) is 23.8 Å². The van der Waals surface area contributed by atoms with Crippen molar-refractivity contribution in [3.63, 3.8) is 0 Å². The minimum absolute atomic E-state index is 0.0196. The van der Waals surface area contributed by atoms with Gasteiger partial charge in [0.2, 0.25) is 5.82 Å². The van der Waals surface area contributed by atoms with E-state index < -0.39 is 12.0 Å². The van der Waals surface area contributed by atoms with Crippen molar-refractivity contribution in [2.45, 2.75) is 63.5 Å². The highest BCUT2D eigenvalue weighted by molar-refractivity contribution is 5.38. The summed E-state index contributed by atoms with van der Waals surface area (Å²) in [6.45, 7) is 5.24. The Hall–Kier alpha value is -1.41. The summed E-state index contributed by atoms with van der Waals surface area (Å²) in [4.78, 5) is 8.80. The second kappa shape index (κ2) is 6.72. The van der Waals surface area contributed by atoms with Gasteiger partial charge in [-0.25, -0.2) is 9.97 Å². The molecule has 0 radical (unpaired) electrons. The van der Waals surface area contributed by atoms with Gasteiger partial charge < -0.3 is 14.7 Å². The summed E-state index contributed by atoms with van der Waals surface area (Å²) in [6, 6.07) is 1.50. The summed E-state index contributed by atoms with van der Waals surface area (Å²) in [5.41, 5.74) is -0.386. The maximum atomic E-state index is 12.8. The third-order valence-electron chi connectivity index (χ3n) is 5.15. The Labute approximate surface area is 145 Å². The largest absolute Gasteiger partial charge is 0.451 e. The molecule has 3 heterocycles. The second-order valence-corrected chi connectivity index (χ2v) is 7.40. The molecule has 3 rings (SSSR count). The number of piperidine rings is 1. The van der Waals surface area contributed by atoms with Gasteiger partial charge in [-0.3, -0.25) is 0 Å². The maximum Gasteiger partial charge on any atom is 0.451 e. The van der Waals surface area contributed by atoms with E-state index in [1.165, 1.54) is 6.07 Å². The molecule has 2 aliphatic heterocycles. The van der Waals surface area contributed by atoms with Gasteiger partial charge >= 0.3 is 6.18 Å². The van der Waals surface area contributed by atoms with E-state index in [0.717, 1.165) is 6.20 Å². The fourth-order valence-electron chi connectivity index (χ4n) is 3.73. The first-order chi connectivity index (χ1) is 11.7. The lowest BCUT2D eigenvalue weighted by atomic mass is 9.80. The zero-order chi connectivity index (χ0) is 18.2. The monoisotopic (exact) mass is 359 g/mol. The Bertz CT molecular complexity index is 601. The predicted octanol–water partition coefficient (Wildman–Crippen LogP) is 3.03. The molecule has 0 aromatic carbocycles. The SMILES string of the molecule is CC(C)[C@H]1C[C@@H](O)CC2(CCN(c3ccnc(C(F)(F)F)n3)CC2)O1. The van der Waals surface area contributed by atoms with Crippen LogP contribution in [0.25, 0.3) is 0 Å². The number of ether oxygens (including phenoxy) is 1. The van der Waals surface area contributed by atoms with E-state index in [9.17, 15) is 18.3 Å². The molecule has 1 aromatic rings. The maximum absolute atomic E-state index is 12.8. The van der Waals surface area contributed by atoms with Gasteiger partial charge in [0, 0.05) is 25.7 Å². The molecule has 2 fully saturated rings. The van der Waals surface area contributed by atoms with E-state index >= 15 is 0 Å². The molecule has 1 N–H and O–H groups in total. The van der Waals surface area contributed by atoms with E-state index in [4.69, 9.17) is 4.74 Å². The molecule has 25 heavy (non-hydrogen) atoms. The Morgan fingerprint density at radius 2 is 2.00 bits per heavy atom. The van der Waals surface area contributed by atoms with Crippen LogP contribution in [0.3, 0.4) is 0 Å². The number of alkyl halides is 3. The van der Waals surface area contributed by atoms with Crippen LogP contribution in [0.1, 0.15) is 45.4 Å². The second-order valence-electron chi connectivity index (χ2n) is 7.40. The Kier molecular flexibility index (Phi) is 4.94. The number of halogens is 3. The molecule has 1 spiro atoms. The Morgan fingerprint density at radius 1 is 1.32 bits per heavy atom. The first-order valence-corrected chi connectivity index (χ1v) is 8.70. The number of hydrogen-bond acceptors (Lipinski definition) is 5. The van der Waals surface area contributed by atoms with E-state index in [0.29, 0.717) is 44.7 Å². The molecule has 2 aliphatic rings. The van der Waals surface area contributed by atoms with Crippen LogP contribution in [0.15, 0.2) is 12.3 Å². The molecule has 1 aromatic heterocycles. The number of anilines is 1. The van der Waals surface area contributed by atoms with Crippen molar-refractivity contribution >= 4 is 5.82 Å². The quantitative estimate of drug-likeness (QED) is 0.880. The van der Waals surface area contributed by atoms with Crippen LogP contribution in [-0.4, -0.2) is 46.0 Å². The number of aliphatic hydroxyl groups is 1. The molecule has 0 saturated carbocycles. The van der Waals surface area contributed by atoms with Crippen molar-refractivity contribution in [3.05, 3.63) is 18.1 Å². The molecule has 2 atom stereocenters. The lowest BCUT2D eigenvalue weighted by molar-refractivity contribution is -0.183. The normalized spacial score (nSPS) is 27.1. The summed E-state index contributed by atoms with van der Waals surface area (Å²) in [6.07, 6.45) is -1.21. The van der Waals surface area contributed by atoms with E-state index in [1.54, 1.807) is 0 Å². The molecule has 0 aliphatic carbocycles. The molecular weight excluding hydrogens is 335 g/mol. The summed E-state index contributed by atoms with van der Waals surface area (Å²) >= 11 is 0. The minimum Gasteiger partial charge on any atom is -0.393 e. The summed E-state index contributed by atoms with van der Waals surface area (Å²) < 4.78 is 44.7. The predicted molar refractivity (Wildman–Crippen MR) is 86.2 cm³/mol. The van der Waals surface area contributed by atoms with E-state index in [-0.39, 0.29) is 23.6 Å². The number of aliphatic hydroxyl groups excluding tert-OH is 1. The van der Waals surface area contributed by atoms with Gasteiger partial charge in [0.25, 0.3) is 0 Å². The van der Waals surface area contributed by atoms with Gasteiger partial charge in [-0.1, -0.05) is 13.8 Å². The highest BCUT2D eigenvalue weighted by atomic mass is 19.4. The first kappa shape index (κ1) is 18.4. The highest BCUT2D eigenvalue weighted by Crippen LogP contribution is 2.40. The Morgan fingerprint density at radius 3 is 2.60 bits per heavy atom. The molecule has 0 amide bonds. The lowest BCUT2D eigenvalue weighted by Gasteiger charge is -2.49. The number of rotatable bonds is 2. The first-order valence-electron chi connectivity index (χ1n) is 8.70. The van der Waals surface area contributed by atoms with Gasteiger partial charge in [0.05, 0.1) is 17.8 Å². The molecular formula is C17H24F3N3O2. The molecule has 8 heteroatoms. The van der Waals surface area contributed by atoms with Crippen molar-refractivity contribution < 1.29 is 23.0 Å². The van der Waals surface area contributed by atoms with Crippen LogP contribution in [0.4, 0.5) is 19.0 Å². The Balaban J connectivity index is 1.69. The molecule has 2 saturated heterocycles. The van der Waals surface area contributed by atoms with Crippen LogP contribution in [0, 0.1) is 5.92 Å². The van der Waals surface area contributed by atoms with Gasteiger partial charge in [0.1, 0.15) is 5.82 Å². The van der Waals surface area contributed by atoms with E-state index in [1.807, 2.05) is 4.90 Å². The smallest absolute Gasteiger partial charge is 0.393 e. The fourth-order valence-corrected chi connectivity index (χ4v) is 3.73. The summed E-state index contributed by atoms with van der Waals surface area (Å²) in [5.74, 6) is -0.510. The van der Waals surface area contributed by atoms with Crippen LogP contribution >= 0.6 is 0 Å². The molecule has 140 valence electrons. The zero-order valence-electron chi connectivity index (χ0n) is 14.5. The van der Waals surface area contributed by atoms with Gasteiger partial charge in [-0.05, 0) is 31.2 Å². The highest BCUT2D eigenvalue weighted by Gasteiger charge is 2.44. The average molecular weight is 359 g/mol. The molecule has 0 unspecified atom stereocenters. The van der Waals surface area contributed by atoms with Crippen molar-refractivity contribution in [2.75, 3.05) is 18.0 Å². The third-order valence-corrected chi connectivity index (χ3v) is 5.15. The summed E-state index contributed by atoms with van der Waals surface area (Å²) in [7, 11) is 0. The van der Waals surface area contributed by atoms with Crippen molar-refractivity contribution in [2.24, 2.45) is 5.92 Å². The number of aromatic nitrogens is 2. The van der Waals surface area contributed by atoms with Crippen LogP contribution < -0.4 is 4.90 Å². The average Bonchev–Trinajstić information content (AvgIpc) is 2.54. The number of hydrogen-bond donors (Lipinski definition) is 1. The van der Waals surface area contributed by atoms with Crippen molar-refractivity contribution in [3.8, 4) is 0 Å².